The summed E-state index contributed by atoms with van der Waals surface area (Å²) in [6.07, 6.45) is -2.55. The number of anilines is 1. The van der Waals surface area contributed by atoms with Crippen LogP contribution in [-0.2, 0) is 6.18 Å². The molecule has 0 radical (unpaired) electrons. The lowest BCUT2D eigenvalue weighted by molar-refractivity contribution is -0.141. The SMILES string of the molecule is N#Cc1ccc(C(F)(F)F)nc1NC1CCN(C(=O)c2ccccn2)C1. The van der Waals surface area contributed by atoms with Crippen LogP contribution in [0, 0.1) is 11.3 Å². The molecule has 0 aliphatic carbocycles. The Morgan fingerprint density at radius 2 is 2.12 bits per heavy atom. The van der Waals surface area contributed by atoms with Gasteiger partial charge in [0.25, 0.3) is 5.91 Å². The highest BCUT2D eigenvalue weighted by Gasteiger charge is 2.34. The molecule has 0 bridgehead atoms. The molecule has 1 aliphatic rings. The molecule has 1 saturated heterocycles. The highest BCUT2D eigenvalue weighted by molar-refractivity contribution is 5.92. The van der Waals surface area contributed by atoms with Crippen molar-refractivity contribution < 1.29 is 18.0 Å². The Bertz CT molecular complexity index is 848. The lowest BCUT2D eigenvalue weighted by atomic mass is 10.2. The van der Waals surface area contributed by atoms with Gasteiger partial charge in [-0.2, -0.15) is 18.4 Å². The molecule has 1 fully saturated rings. The average molecular weight is 361 g/mol. The predicted molar refractivity (Wildman–Crippen MR) is 86.1 cm³/mol. The number of nitrogens with zero attached hydrogens (tertiary/aromatic N) is 4. The fourth-order valence-corrected chi connectivity index (χ4v) is 2.72. The number of carbonyl (C=O) groups excluding carboxylic acids is 1. The monoisotopic (exact) mass is 361 g/mol. The summed E-state index contributed by atoms with van der Waals surface area (Å²) in [4.78, 5) is 21.5. The number of hydrogen-bond acceptors (Lipinski definition) is 5. The van der Waals surface area contributed by atoms with Crippen molar-refractivity contribution in [1.82, 2.24) is 14.9 Å². The first kappa shape index (κ1) is 17.7. The summed E-state index contributed by atoms with van der Waals surface area (Å²) in [6, 6.07) is 8.40. The van der Waals surface area contributed by atoms with Crippen LogP contribution < -0.4 is 5.32 Å². The highest BCUT2D eigenvalue weighted by atomic mass is 19.4. The van der Waals surface area contributed by atoms with Gasteiger partial charge in [0, 0.05) is 25.3 Å². The van der Waals surface area contributed by atoms with Crippen LogP contribution in [0.15, 0.2) is 36.5 Å². The standard InChI is InChI=1S/C17H14F3N5O/c18-17(19,20)14-5-4-11(9-21)15(24-14)23-12-6-8-25(10-12)16(26)13-3-1-2-7-22-13/h1-5,7,12H,6,8,10H2,(H,23,24). The second-order valence-electron chi connectivity index (χ2n) is 5.80. The quantitative estimate of drug-likeness (QED) is 0.909. The highest BCUT2D eigenvalue weighted by Crippen LogP contribution is 2.30. The second kappa shape index (κ2) is 7.00. The molecule has 1 atom stereocenters. The second-order valence-corrected chi connectivity index (χ2v) is 5.80. The number of pyridine rings is 2. The van der Waals surface area contributed by atoms with Crippen molar-refractivity contribution in [3.63, 3.8) is 0 Å². The molecule has 1 N–H and O–H groups in total. The maximum atomic E-state index is 12.8. The number of aromatic nitrogens is 2. The van der Waals surface area contributed by atoms with Crippen LogP contribution >= 0.6 is 0 Å². The Hall–Kier alpha value is -3.15. The summed E-state index contributed by atoms with van der Waals surface area (Å²) in [5, 5.41) is 12.0. The summed E-state index contributed by atoms with van der Waals surface area (Å²) in [5.74, 6) is -0.369. The lowest BCUT2D eigenvalue weighted by Gasteiger charge is -2.18. The molecule has 9 heteroatoms. The Kier molecular flexibility index (Phi) is 4.75. The normalized spacial score (nSPS) is 17.0. The van der Waals surface area contributed by atoms with Gasteiger partial charge < -0.3 is 10.2 Å². The van der Waals surface area contributed by atoms with E-state index in [4.69, 9.17) is 5.26 Å². The number of halogens is 3. The van der Waals surface area contributed by atoms with Crippen LogP contribution in [0.5, 0.6) is 0 Å². The third kappa shape index (κ3) is 3.74. The van der Waals surface area contributed by atoms with Crippen LogP contribution in [-0.4, -0.2) is 39.9 Å². The fourth-order valence-electron chi connectivity index (χ4n) is 2.72. The molecule has 3 rings (SSSR count). The molecule has 0 saturated carbocycles. The molecule has 2 aromatic rings. The molecule has 3 heterocycles. The van der Waals surface area contributed by atoms with Gasteiger partial charge in [-0.3, -0.25) is 9.78 Å². The van der Waals surface area contributed by atoms with Crippen molar-refractivity contribution in [3.8, 4) is 6.07 Å². The fraction of sp³-hybridized carbons (Fsp3) is 0.294. The van der Waals surface area contributed by atoms with Crippen LogP contribution in [0.3, 0.4) is 0 Å². The van der Waals surface area contributed by atoms with E-state index in [-0.39, 0.29) is 29.9 Å². The molecule has 134 valence electrons. The molecule has 1 amide bonds. The summed E-state index contributed by atoms with van der Waals surface area (Å²) in [7, 11) is 0. The zero-order valence-corrected chi connectivity index (χ0v) is 13.5. The molecule has 1 unspecified atom stereocenters. The van der Waals surface area contributed by atoms with E-state index in [1.54, 1.807) is 23.1 Å². The Morgan fingerprint density at radius 1 is 1.31 bits per heavy atom. The number of carbonyl (C=O) groups is 1. The minimum absolute atomic E-state index is 0.0208. The van der Waals surface area contributed by atoms with E-state index in [0.29, 0.717) is 18.7 Å². The van der Waals surface area contributed by atoms with Gasteiger partial charge in [-0.25, -0.2) is 4.98 Å². The molecule has 2 aromatic heterocycles. The maximum absolute atomic E-state index is 12.8. The summed E-state index contributed by atoms with van der Waals surface area (Å²) >= 11 is 0. The van der Waals surface area contributed by atoms with Crippen LogP contribution in [0.1, 0.15) is 28.2 Å². The van der Waals surface area contributed by atoms with E-state index in [0.717, 1.165) is 12.1 Å². The predicted octanol–water partition coefficient (Wildman–Crippen LogP) is 2.69. The maximum Gasteiger partial charge on any atom is 0.433 e. The first-order valence-corrected chi connectivity index (χ1v) is 7.83. The Labute approximate surface area is 147 Å². The van der Waals surface area contributed by atoms with Crippen molar-refractivity contribution in [2.75, 3.05) is 18.4 Å². The van der Waals surface area contributed by atoms with E-state index in [9.17, 15) is 18.0 Å². The number of hydrogen-bond donors (Lipinski definition) is 1. The summed E-state index contributed by atoms with van der Waals surface area (Å²) in [6.45, 7) is 0.728. The van der Waals surface area contributed by atoms with Crippen LogP contribution in [0.4, 0.5) is 19.0 Å². The molecular formula is C17H14F3N5O. The lowest BCUT2D eigenvalue weighted by Crippen LogP contribution is -2.32. The van der Waals surface area contributed by atoms with Crippen molar-refractivity contribution in [2.45, 2.75) is 18.6 Å². The topological polar surface area (TPSA) is 81.9 Å². The zero-order valence-electron chi connectivity index (χ0n) is 13.5. The Morgan fingerprint density at radius 3 is 2.77 bits per heavy atom. The molecular weight excluding hydrogens is 347 g/mol. The van der Waals surface area contributed by atoms with Gasteiger partial charge in [-0.05, 0) is 30.7 Å². The number of amides is 1. The number of likely N-dealkylation sites (tertiary alicyclic amines) is 1. The van der Waals surface area contributed by atoms with E-state index in [2.05, 4.69) is 15.3 Å². The van der Waals surface area contributed by atoms with Gasteiger partial charge in [0.1, 0.15) is 23.3 Å². The van der Waals surface area contributed by atoms with Gasteiger partial charge in [0.15, 0.2) is 0 Å². The third-order valence-corrected chi connectivity index (χ3v) is 4.01. The average Bonchev–Trinajstić information content (AvgIpc) is 3.09. The van der Waals surface area contributed by atoms with Crippen molar-refractivity contribution in [2.24, 2.45) is 0 Å². The minimum Gasteiger partial charge on any atom is -0.364 e. The number of nitrogens with one attached hydrogen (secondary N) is 1. The molecule has 0 spiro atoms. The van der Waals surface area contributed by atoms with Gasteiger partial charge in [-0.1, -0.05) is 6.07 Å². The van der Waals surface area contributed by atoms with Crippen molar-refractivity contribution >= 4 is 11.7 Å². The van der Waals surface area contributed by atoms with E-state index >= 15 is 0 Å². The van der Waals surface area contributed by atoms with Crippen molar-refractivity contribution in [1.29, 1.82) is 5.26 Å². The van der Waals surface area contributed by atoms with Crippen LogP contribution in [0.2, 0.25) is 0 Å². The summed E-state index contributed by atoms with van der Waals surface area (Å²) in [5.41, 5.74) is -0.742. The minimum atomic E-state index is -4.60. The third-order valence-electron chi connectivity index (χ3n) is 4.01. The zero-order chi connectivity index (χ0) is 18.7. The smallest absolute Gasteiger partial charge is 0.364 e. The van der Waals surface area contributed by atoms with Gasteiger partial charge in [-0.15, -0.1) is 0 Å². The Balaban J connectivity index is 1.73. The van der Waals surface area contributed by atoms with Crippen molar-refractivity contribution in [3.05, 3.63) is 53.5 Å². The first-order chi connectivity index (χ1) is 12.4. The summed E-state index contributed by atoms with van der Waals surface area (Å²) < 4.78 is 38.5. The van der Waals surface area contributed by atoms with Gasteiger partial charge in [0.2, 0.25) is 0 Å². The first-order valence-electron chi connectivity index (χ1n) is 7.83. The molecule has 26 heavy (non-hydrogen) atoms. The van der Waals surface area contributed by atoms with Gasteiger partial charge in [0.05, 0.1) is 5.56 Å². The number of nitriles is 1. The van der Waals surface area contributed by atoms with E-state index in [1.165, 1.54) is 6.20 Å². The molecule has 6 nitrogen and oxygen atoms in total. The molecule has 0 aromatic carbocycles. The molecule has 1 aliphatic heterocycles. The van der Waals surface area contributed by atoms with Crippen LogP contribution in [0.25, 0.3) is 0 Å². The van der Waals surface area contributed by atoms with E-state index < -0.39 is 11.9 Å². The largest absolute Gasteiger partial charge is 0.433 e. The number of alkyl halides is 3. The number of rotatable bonds is 3. The van der Waals surface area contributed by atoms with E-state index in [1.807, 2.05) is 6.07 Å². The van der Waals surface area contributed by atoms with Gasteiger partial charge >= 0.3 is 6.18 Å².